The van der Waals surface area contributed by atoms with E-state index in [4.69, 9.17) is 5.11 Å². The summed E-state index contributed by atoms with van der Waals surface area (Å²) >= 11 is 1.34. The molecule has 0 radical (unpaired) electrons. The molecule has 0 aliphatic carbocycles. The van der Waals surface area contributed by atoms with Gasteiger partial charge in [-0.25, -0.2) is 4.79 Å². The van der Waals surface area contributed by atoms with Crippen LogP contribution in [0.1, 0.15) is 20.8 Å². The van der Waals surface area contributed by atoms with E-state index < -0.39 is 5.97 Å². The van der Waals surface area contributed by atoms with E-state index >= 15 is 0 Å². The number of rotatable bonds is 2. The smallest absolute Gasteiger partial charge is 0.339 e. The summed E-state index contributed by atoms with van der Waals surface area (Å²) in [6, 6.07) is 0. The van der Waals surface area contributed by atoms with E-state index in [0.29, 0.717) is 5.00 Å². The van der Waals surface area contributed by atoms with Crippen LogP contribution >= 0.6 is 11.3 Å². The Bertz CT molecular complexity index is 503. The highest BCUT2D eigenvalue weighted by molar-refractivity contribution is 7.15. The second-order valence-corrected chi connectivity index (χ2v) is 4.20. The van der Waals surface area contributed by atoms with Crippen LogP contribution in [-0.2, 0) is 0 Å². The monoisotopic (exact) mass is 224 g/mol. The average molecular weight is 224 g/mol. The molecule has 2 rings (SSSR count). The Hall–Kier alpha value is -1.76. The standard InChI is InChI=1S/C8H8N4O2S/c1-4-5(2)15-7(6(4)8(13)14)12-10-3-9-11-12/h3H,1-2H3,(H,13,14). The van der Waals surface area contributed by atoms with Gasteiger partial charge >= 0.3 is 5.97 Å². The summed E-state index contributed by atoms with van der Waals surface area (Å²) in [6.45, 7) is 3.64. The maximum absolute atomic E-state index is 11.1. The predicted octanol–water partition coefficient (Wildman–Crippen LogP) is 1.04. The molecule has 6 nitrogen and oxygen atoms in total. The molecule has 2 heterocycles. The molecule has 0 amide bonds. The average Bonchev–Trinajstić information content (AvgIpc) is 2.75. The molecule has 0 atom stereocenters. The molecule has 78 valence electrons. The SMILES string of the molecule is Cc1sc(-n2ncnn2)c(C(=O)O)c1C. The minimum Gasteiger partial charge on any atom is -0.478 e. The topological polar surface area (TPSA) is 80.9 Å². The van der Waals surface area contributed by atoms with Crippen LogP contribution in [0.25, 0.3) is 5.00 Å². The molecule has 2 aromatic heterocycles. The van der Waals surface area contributed by atoms with Crippen molar-refractivity contribution in [3.8, 4) is 5.00 Å². The normalized spacial score (nSPS) is 10.5. The number of thiophene rings is 1. The second kappa shape index (κ2) is 3.43. The van der Waals surface area contributed by atoms with Gasteiger partial charge in [0.05, 0.1) is 0 Å². The summed E-state index contributed by atoms with van der Waals surface area (Å²) < 4.78 is 0. The van der Waals surface area contributed by atoms with Crippen LogP contribution in [-0.4, -0.2) is 31.3 Å². The van der Waals surface area contributed by atoms with Gasteiger partial charge in [-0.15, -0.1) is 26.3 Å². The summed E-state index contributed by atoms with van der Waals surface area (Å²) in [5.41, 5.74) is 0.996. The number of carboxylic acid groups (broad SMARTS) is 1. The summed E-state index contributed by atoms with van der Waals surface area (Å²) in [4.78, 5) is 13.2. The maximum Gasteiger partial charge on any atom is 0.339 e. The van der Waals surface area contributed by atoms with E-state index in [1.165, 1.54) is 22.5 Å². The van der Waals surface area contributed by atoms with E-state index in [9.17, 15) is 4.79 Å². The zero-order valence-electron chi connectivity index (χ0n) is 8.13. The fourth-order valence-electron chi connectivity index (χ4n) is 1.26. The van der Waals surface area contributed by atoms with Crippen molar-refractivity contribution >= 4 is 17.3 Å². The molecule has 1 N–H and O–H groups in total. The number of aryl methyl sites for hydroxylation is 1. The number of tetrazole rings is 1. The highest BCUT2D eigenvalue weighted by atomic mass is 32.1. The first-order valence-corrected chi connectivity index (χ1v) is 4.99. The largest absolute Gasteiger partial charge is 0.478 e. The van der Waals surface area contributed by atoms with Crippen molar-refractivity contribution in [2.24, 2.45) is 0 Å². The van der Waals surface area contributed by atoms with Gasteiger partial charge < -0.3 is 5.11 Å². The van der Waals surface area contributed by atoms with Crippen molar-refractivity contribution in [2.45, 2.75) is 13.8 Å². The van der Waals surface area contributed by atoms with E-state index in [2.05, 4.69) is 15.4 Å². The molecule has 0 aliphatic rings. The Morgan fingerprint density at radius 2 is 2.27 bits per heavy atom. The van der Waals surface area contributed by atoms with Crippen molar-refractivity contribution in [1.82, 2.24) is 20.2 Å². The van der Waals surface area contributed by atoms with E-state index in [-0.39, 0.29) is 5.56 Å². The number of carboxylic acids is 1. The molecule has 0 bridgehead atoms. The van der Waals surface area contributed by atoms with Crippen LogP contribution in [0.4, 0.5) is 0 Å². The van der Waals surface area contributed by atoms with Gasteiger partial charge in [-0.3, -0.25) is 0 Å². The first-order chi connectivity index (χ1) is 7.11. The number of aromatic carboxylic acids is 1. The summed E-state index contributed by atoms with van der Waals surface area (Å²) in [6.07, 6.45) is 1.27. The number of hydrogen-bond acceptors (Lipinski definition) is 5. The molecule has 0 aromatic carbocycles. The fraction of sp³-hybridized carbons (Fsp3) is 0.250. The van der Waals surface area contributed by atoms with E-state index in [1.807, 2.05) is 6.92 Å². The third-order valence-corrected chi connectivity index (χ3v) is 3.28. The summed E-state index contributed by atoms with van der Waals surface area (Å²) in [5.74, 6) is -0.968. The van der Waals surface area contributed by atoms with Crippen molar-refractivity contribution in [3.63, 3.8) is 0 Å². The lowest BCUT2D eigenvalue weighted by molar-refractivity contribution is 0.0696. The van der Waals surface area contributed by atoms with Gasteiger partial charge in [0.1, 0.15) is 5.56 Å². The van der Waals surface area contributed by atoms with E-state index in [1.54, 1.807) is 6.92 Å². The van der Waals surface area contributed by atoms with Crippen molar-refractivity contribution in [2.75, 3.05) is 0 Å². The molecular formula is C8H8N4O2S. The van der Waals surface area contributed by atoms with Gasteiger partial charge in [-0.05, 0) is 24.6 Å². The summed E-state index contributed by atoms with van der Waals surface area (Å²) in [7, 11) is 0. The second-order valence-electron chi connectivity index (χ2n) is 2.99. The minimum absolute atomic E-state index is 0.246. The van der Waals surface area contributed by atoms with Crippen molar-refractivity contribution in [3.05, 3.63) is 22.3 Å². The Morgan fingerprint density at radius 1 is 1.53 bits per heavy atom. The molecular weight excluding hydrogens is 216 g/mol. The van der Waals surface area contributed by atoms with E-state index in [0.717, 1.165) is 10.4 Å². The number of carbonyl (C=O) groups is 1. The number of nitrogens with zero attached hydrogens (tertiary/aromatic N) is 4. The van der Waals surface area contributed by atoms with Crippen LogP contribution in [0.3, 0.4) is 0 Å². The fourth-order valence-corrected chi connectivity index (χ4v) is 2.31. The molecule has 15 heavy (non-hydrogen) atoms. The van der Waals surface area contributed by atoms with Gasteiger partial charge in [-0.2, -0.15) is 0 Å². The lowest BCUT2D eigenvalue weighted by Crippen LogP contribution is -2.05. The Balaban J connectivity index is 2.67. The first-order valence-electron chi connectivity index (χ1n) is 4.18. The quantitative estimate of drug-likeness (QED) is 0.824. The predicted molar refractivity (Wildman–Crippen MR) is 53.5 cm³/mol. The molecule has 0 unspecified atom stereocenters. The molecule has 2 aromatic rings. The highest BCUT2D eigenvalue weighted by Gasteiger charge is 2.21. The molecule has 0 spiro atoms. The van der Waals surface area contributed by atoms with Crippen LogP contribution in [0, 0.1) is 13.8 Å². The van der Waals surface area contributed by atoms with Gasteiger partial charge in [0, 0.05) is 4.88 Å². The third-order valence-electron chi connectivity index (χ3n) is 2.11. The lowest BCUT2D eigenvalue weighted by atomic mass is 10.2. The Labute approximate surface area is 89.2 Å². The lowest BCUT2D eigenvalue weighted by Gasteiger charge is -1.97. The number of aromatic nitrogens is 4. The van der Waals surface area contributed by atoms with Crippen LogP contribution in [0.5, 0.6) is 0 Å². The number of hydrogen-bond donors (Lipinski definition) is 1. The Morgan fingerprint density at radius 3 is 2.80 bits per heavy atom. The van der Waals surface area contributed by atoms with Gasteiger partial charge in [0.15, 0.2) is 11.3 Å². The molecule has 0 saturated heterocycles. The molecule has 0 fully saturated rings. The van der Waals surface area contributed by atoms with Gasteiger partial charge in [-0.1, -0.05) is 0 Å². The molecule has 0 aliphatic heterocycles. The van der Waals surface area contributed by atoms with Crippen LogP contribution < -0.4 is 0 Å². The molecule has 0 saturated carbocycles. The van der Waals surface area contributed by atoms with Gasteiger partial charge in [0.2, 0.25) is 0 Å². The van der Waals surface area contributed by atoms with Crippen molar-refractivity contribution < 1.29 is 9.90 Å². The van der Waals surface area contributed by atoms with Gasteiger partial charge in [0.25, 0.3) is 0 Å². The minimum atomic E-state index is -0.968. The maximum atomic E-state index is 11.1. The zero-order valence-corrected chi connectivity index (χ0v) is 8.95. The van der Waals surface area contributed by atoms with Crippen LogP contribution in [0.2, 0.25) is 0 Å². The van der Waals surface area contributed by atoms with Crippen molar-refractivity contribution in [1.29, 1.82) is 0 Å². The molecule has 7 heteroatoms. The zero-order chi connectivity index (χ0) is 11.0. The Kier molecular flexibility index (Phi) is 2.24. The summed E-state index contributed by atoms with van der Waals surface area (Å²) in [5, 5.41) is 20.6. The first kappa shape index (κ1) is 9.78. The highest BCUT2D eigenvalue weighted by Crippen LogP contribution is 2.29. The van der Waals surface area contributed by atoms with Crippen LogP contribution in [0.15, 0.2) is 6.33 Å². The third kappa shape index (κ3) is 1.50.